The first-order valence-electron chi connectivity index (χ1n) is 4.29. The van der Waals surface area contributed by atoms with Gasteiger partial charge in [-0.25, -0.2) is 4.98 Å². The Balaban J connectivity index is 2.70. The molecule has 0 saturated carbocycles. The summed E-state index contributed by atoms with van der Waals surface area (Å²) >= 11 is 0. The van der Waals surface area contributed by atoms with E-state index in [1.807, 2.05) is 0 Å². The smallest absolute Gasteiger partial charge is 0.321 e. The van der Waals surface area contributed by atoms with Gasteiger partial charge in [-0.15, -0.1) is 0 Å². The average molecular weight is 213 g/mol. The first kappa shape index (κ1) is 11.2. The maximum Gasteiger partial charge on any atom is 0.321 e. The number of hydrogen-bond acceptors (Lipinski definition) is 4. The zero-order chi connectivity index (χ0) is 11.4. The van der Waals surface area contributed by atoms with Crippen LogP contribution in [0.15, 0.2) is 12.1 Å². The number of aliphatic hydroxyl groups excluding tert-OH is 1. The number of carbonyl (C=O) groups excluding carboxylic acids is 1. The highest BCUT2D eigenvalue weighted by Gasteiger charge is 2.16. The molecule has 0 fully saturated rings. The van der Waals surface area contributed by atoms with Gasteiger partial charge in [-0.1, -0.05) is 0 Å². The number of carbonyl (C=O) groups is 1. The highest BCUT2D eigenvalue weighted by molar-refractivity contribution is 5.93. The van der Waals surface area contributed by atoms with Crippen molar-refractivity contribution in [1.29, 1.82) is 0 Å². The fourth-order valence-electron chi connectivity index (χ4n) is 0.970. The Kier molecular flexibility index (Phi) is 3.40. The third-order valence-electron chi connectivity index (χ3n) is 1.76. The van der Waals surface area contributed by atoms with Crippen LogP contribution >= 0.6 is 0 Å². The van der Waals surface area contributed by atoms with Crippen LogP contribution < -0.4 is 5.32 Å². The van der Waals surface area contributed by atoms with Gasteiger partial charge in [0.1, 0.15) is 0 Å². The first-order valence-corrected chi connectivity index (χ1v) is 4.29. The van der Waals surface area contributed by atoms with Gasteiger partial charge in [0.25, 0.3) is 5.91 Å². The molecule has 82 valence electrons. The lowest BCUT2D eigenvalue weighted by molar-refractivity contribution is -0.389. The normalized spacial score (nSPS) is 12.1. The van der Waals surface area contributed by atoms with Crippen LogP contribution in [0.5, 0.6) is 0 Å². The predicted octanol–water partition coefficient (Wildman–Crippen LogP) is 0.0335. The molecule has 3 N–H and O–H groups in total. The molecule has 0 bridgehead atoms. The summed E-state index contributed by atoms with van der Waals surface area (Å²) in [4.78, 5) is 23.4. The van der Waals surface area contributed by atoms with E-state index in [1.54, 1.807) is 6.92 Å². The van der Waals surface area contributed by atoms with E-state index in [0.717, 1.165) is 0 Å². The Hall–Kier alpha value is -1.89. The third-order valence-corrected chi connectivity index (χ3v) is 1.76. The molecule has 1 rings (SSSR count). The summed E-state index contributed by atoms with van der Waals surface area (Å²) in [5.74, 6) is -0.721. The quantitative estimate of drug-likeness (QED) is 0.484. The molecule has 1 heterocycles. The number of H-pyrrole nitrogens is 1. The second-order valence-corrected chi connectivity index (χ2v) is 3.07. The van der Waals surface area contributed by atoms with E-state index >= 15 is 0 Å². The minimum Gasteiger partial charge on any atom is -0.394 e. The maximum atomic E-state index is 11.4. The van der Waals surface area contributed by atoms with Gasteiger partial charge < -0.3 is 20.5 Å². The van der Waals surface area contributed by atoms with E-state index in [2.05, 4.69) is 10.3 Å². The SMILES string of the molecule is C[C@H](CO)NC(=O)c1ccc([N+](=O)[O-])[nH]1. The van der Waals surface area contributed by atoms with Crippen molar-refractivity contribution in [1.82, 2.24) is 10.3 Å². The highest BCUT2D eigenvalue weighted by Crippen LogP contribution is 2.09. The van der Waals surface area contributed by atoms with Gasteiger partial charge in [-0.3, -0.25) is 4.79 Å². The summed E-state index contributed by atoms with van der Waals surface area (Å²) in [6, 6.07) is 2.13. The number of aliphatic hydroxyl groups is 1. The summed E-state index contributed by atoms with van der Waals surface area (Å²) < 4.78 is 0. The molecule has 0 saturated heterocycles. The third kappa shape index (κ3) is 2.78. The molecule has 0 aliphatic rings. The average Bonchev–Trinajstić information content (AvgIpc) is 2.66. The van der Waals surface area contributed by atoms with Crippen molar-refractivity contribution < 1.29 is 14.8 Å². The summed E-state index contributed by atoms with van der Waals surface area (Å²) in [6.45, 7) is 1.43. The van der Waals surface area contributed by atoms with Crippen molar-refractivity contribution in [2.45, 2.75) is 13.0 Å². The predicted molar refractivity (Wildman–Crippen MR) is 51.5 cm³/mol. The molecule has 7 heteroatoms. The standard InChI is InChI=1S/C8H11N3O4/c1-5(4-12)9-8(13)6-2-3-7(10-6)11(14)15/h2-3,5,10,12H,4H2,1H3,(H,9,13)/t5-/m1/s1. The fourth-order valence-corrected chi connectivity index (χ4v) is 0.970. The van der Waals surface area contributed by atoms with Crippen molar-refractivity contribution in [3.63, 3.8) is 0 Å². The molecular weight excluding hydrogens is 202 g/mol. The molecule has 0 aliphatic carbocycles. The van der Waals surface area contributed by atoms with Gasteiger partial charge in [-0.2, -0.15) is 0 Å². The van der Waals surface area contributed by atoms with Crippen LogP contribution in [0.3, 0.4) is 0 Å². The second kappa shape index (κ2) is 4.56. The van der Waals surface area contributed by atoms with Crippen molar-refractivity contribution in [2.75, 3.05) is 6.61 Å². The Morgan fingerprint density at radius 3 is 2.87 bits per heavy atom. The minimum absolute atomic E-state index is 0.0991. The molecule has 15 heavy (non-hydrogen) atoms. The van der Waals surface area contributed by atoms with Gasteiger partial charge in [0.05, 0.1) is 6.61 Å². The summed E-state index contributed by atoms with van der Waals surface area (Å²) in [5.41, 5.74) is 0.0991. The molecule has 1 atom stereocenters. The number of amides is 1. The van der Waals surface area contributed by atoms with E-state index in [0.29, 0.717) is 0 Å². The number of aromatic amines is 1. The van der Waals surface area contributed by atoms with Gasteiger partial charge in [0.2, 0.25) is 0 Å². The van der Waals surface area contributed by atoms with Gasteiger partial charge >= 0.3 is 5.82 Å². The Bertz CT molecular complexity index is 374. The van der Waals surface area contributed by atoms with E-state index in [9.17, 15) is 14.9 Å². The van der Waals surface area contributed by atoms with Crippen LogP contribution in [0.4, 0.5) is 5.82 Å². The topological polar surface area (TPSA) is 108 Å². The minimum atomic E-state index is -0.619. The number of hydrogen-bond donors (Lipinski definition) is 3. The molecule has 1 aromatic rings. The van der Waals surface area contributed by atoms with Crippen molar-refractivity contribution in [3.8, 4) is 0 Å². The molecule has 0 unspecified atom stereocenters. The van der Waals surface area contributed by atoms with Crippen molar-refractivity contribution >= 4 is 11.7 Å². The van der Waals surface area contributed by atoms with Crippen LogP contribution in [0, 0.1) is 10.1 Å². The molecule has 1 aromatic heterocycles. The molecular formula is C8H11N3O4. The highest BCUT2D eigenvalue weighted by atomic mass is 16.6. The lowest BCUT2D eigenvalue weighted by Crippen LogP contribution is -2.35. The maximum absolute atomic E-state index is 11.4. The van der Waals surface area contributed by atoms with Crippen molar-refractivity contribution in [2.24, 2.45) is 0 Å². The number of rotatable bonds is 4. The summed E-state index contributed by atoms with van der Waals surface area (Å²) in [5, 5.41) is 21.5. The zero-order valence-electron chi connectivity index (χ0n) is 8.06. The summed E-state index contributed by atoms with van der Waals surface area (Å²) in [7, 11) is 0. The zero-order valence-corrected chi connectivity index (χ0v) is 8.06. The Labute approximate surface area is 85.3 Å². The fraction of sp³-hybridized carbons (Fsp3) is 0.375. The monoisotopic (exact) mass is 213 g/mol. The number of nitro groups is 1. The lowest BCUT2D eigenvalue weighted by Gasteiger charge is -2.07. The molecule has 1 amide bonds. The Morgan fingerprint density at radius 1 is 1.73 bits per heavy atom. The van der Waals surface area contributed by atoms with Gasteiger partial charge in [-0.05, 0) is 17.9 Å². The number of nitrogens with zero attached hydrogens (tertiary/aromatic N) is 1. The molecule has 0 spiro atoms. The van der Waals surface area contributed by atoms with E-state index in [-0.39, 0.29) is 24.2 Å². The first-order chi connectivity index (χ1) is 7.04. The van der Waals surface area contributed by atoms with Crippen LogP contribution in [0.25, 0.3) is 0 Å². The van der Waals surface area contributed by atoms with Crippen LogP contribution in [-0.2, 0) is 0 Å². The van der Waals surface area contributed by atoms with Crippen LogP contribution in [0.1, 0.15) is 17.4 Å². The van der Waals surface area contributed by atoms with Crippen molar-refractivity contribution in [3.05, 3.63) is 27.9 Å². The number of aromatic nitrogens is 1. The number of nitrogens with one attached hydrogen (secondary N) is 2. The van der Waals surface area contributed by atoms with Crippen LogP contribution in [0.2, 0.25) is 0 Å². The largest absolute Gasteiger partial charge is 0.394 e. The molecule has 0 radical (unpaired) electrons. The molecule has 0 aliphatic heterocycles. The second-order valence-electron chi connectivity index (χ2n) is 3.07. The summed E-state index contributed by atoms with van der Waals surface area (Å²) in [6.07, 6.45) is 0. The Morgan fingerprint density at radius 2 is 2.40 bits per heavy atom. The molecule has 7 nitrogen and oxygen atoms in total. The van der Waals surface area contributed by atoms with Gasteiger partial charge in [0, 0.05) is 12.1 Å². The van der Waals surface area contributed by atoms with E-state index in [1.165, 1.54) is 12.1 Å². The van der Waals surface area contributed by atoms with Crippen LogP contribution in [-0.4, -0.2) is 33.6 Å². The van der Waals surface area contributed by atoms with E-state index in [4.69, 9.17) is 5.11 Å². The van der Waals surface area contributed by atoms with E-state index < -0.39 is 10.8 Å². The lowest BCUT2D eigenvalue weighted by atomic mass is 10.3. The molecule has 0 aromatic carbocycles. The van der Waals surface area contributed by atoms with Gasteiger partial charge in [0.15, 0.2) is 5.69 Å².